The van der Waals surface area contributed by atoms with Crippen LogP contribution in [0.4, 0.5) is 17.1 Å². The van der Waals surface area contributed by atoms with Gasteiger partial charge in [-0.15, -0.1) is 0 Å². The third kappa shape index (κ3) is 3.71. The number of rotatable bonds is 2. The van der Waals surface area contributed by atoms with E-state index in [4.69, 9.17) is 4.42 Å². The molecule has 0 N–H and O–H groups in total. The van der Waals surface area contributed by atoms with E-state index in [0.717, 1.165) is 33.7 Å². The van der Waals surface area contributed by atoms with Crippen LogP contribution in [0.5, 0.6) is 0 Å². The van der Waals surface area contributed by atoms with Gasteiger partial charge in [0.1, 0.15) is 5.58 Å². The highest BCUT2D eigenvalue weighted by Crippen LogP contribution is 2.47. The van der Waals surface area contributed by atoms with Gasteiger partial charge in [-0.2, -0.15) is 0 Å². The molecule has 53 heavy (non-hydrogen) atoms. The molecule has 0 spiro atoms. The van der Waals surface area contributed by atoms with Gasteiger partial charge in [0.25, 0.3) is 6.71 Å². The molecule has 0 bridgehead atoms. The highest BCUT2D eigenvalue weighted by atomic mass is 16.3. The zero-order valence-electron chi connectivity index (χ0n) is 29.8. The molecule has 5 heterocycles. The summed E-state index contributed by atoms with van der Waals surface area (Å²) >= 11 is 0. The van der Waals surface area contributed by atoms with E-state index in [2.05, 4.69) is 186 Å². The number of benzene rings is 7. The van der Waals surface area contributed by atoms with Crippen LogP contribution in [0, 0.1) is 0 Å². The maximum absolute atomic E-state index is 7.18. The fraction of sp³-hybridized carbons (Fsp3) is 0.0833. The Morgan fingerprint density at radius 1 is 0.528 bits per heavy atom. The van der Waals surface area contributed by atoms with Gasteiger partial charge in [0.05, 0.1) is 27.9 Å². The predicted molar refractivity (Wildman–Crippen MR) is 223 cm³/mol. The molecule has 250 valence electrons. The van der Waals surface area contributed by atoms with Crippen LogP contribution in [-0.2, 0) is 5.41 Å². The van der Waals surface area contributed by atoms with E-state index in [9.17, 15) is 0 Å². The number of fused-ring (bicyclic) bond motifs is 13. The van der Waals surface area contributed by atoms with Gasteiger partial charge in [0.15, 0.2) is 0 Å². The summed E-state index contributed by atoms with van der Waals surface area (Å²) in [6.07, 6.45) is 0. The number of furan rings is 1. The highest BCUT2D eigenvalue weighted by Gasteiger charge is 2.45. The summed E-state index contributed by atoms with van der Waals surface area (Å²) in [4.78, 5) is 2.44. The molecule has 10 aromatic rings. The number of hydrogen-bond acceptors (Lipinski definition) is 2. The van der Waals surface area contributed by atoms with E-state index in [0.29, 0.717) is 0 Å². The van der Waals surface area contributed by atoms with Gasteiger partial charge in [0, 0.05) is 55.2 Å². The van der Waals surface area contributed by atoms with E-state index in [1.807, 2.05) is 0 Å². The van der Waals surface area contributed by atoms with E-state index in [-0.39, 0.29) is 12.1 Å². The Hall–Kier alpha value is -6.46. The summed E-state index contributed by atoms with van der Waals surface area (Å²) in [5.74, 6) is 0. The molecule has 0 amide bonds. The summed E-state index contributed by atoms with van der Waals surface area (Å²) in [6.45, 7) is 6.73. The molecule has 0 saturated heterocycles. The van der Waals surface area contributed by atoms with Crippen molar-refractivity contribution in [1.29, 1.82) is 0 Å². The topological polar surface area (TPSA) is 26.2 Å². The molecule has 0 aliphatic carbocycles. The first-order chi connectivity index (χ1) is 26.0. The van der Waals surface area contributed by atoms with Crippen molar-refractivity contribution in [3.8, 4) is 11.4 Å². The van der Waals surface area contributed by atoms with Crippen LogP contribution in [0.3, 0.4) is 0 Å². The number of para-hydroxylation sites is 4. The van der Waals surface area contributed by atoms with Gasteiger partial charge < -0.3 is 18.5 Å². The van der Waals surface area contributed by atoms with Gasteiger partial charge in [-0.25, -0.2) is 0 Å². The lowest BCUT2D eigenvalue weighted by Gasteiger charge is -2.37. The smallest absolute Gasteiger partial charge is 0.297 e. The van der Waals surface area contributed by atoms with Crippen LogP contribution in [0.15, 0.2) is 156 Å². The minimum absolute atomic E-state index is 0.00164. The first kappa shape index (κ1) is 29.2. The Morgan fingerprint density at radius 3 is 2.04 bits per heavy atom. The molecule has 12 rings (SSSR count). The minimum Gasteiger partial charge on any atom is -0.468 e. The normalized spacial score (nSPS) is 13.5. The average Bonchev–Trinajstić information content (AvgIpc) is 3.85. The third-order valence-electron chi connectivity index (χ3n) is 11.8. The van der Waals surface area contributed by atoms with Gasteiger partial charge in [-0.3, -0.25) is 0 Å². The average molecular weight is 680 g/mol. The fourth-order valence-corrected chi connectivity index (χ4v) is 9.58. The second-order valence-electron chi connectivity index (χ2n) is 15.7. The SMILES string of the molecule is CC(C)(C)c1ccc2c3c(oc2c1)B1c2c(cccc2-n2c4ccc5c6ccccc6n(-c6ccccc6)c5c4c4cccc1c42)N3c1ccccc1. The zero-order chi connectivity index (χ0) is 35.2. The van der Waals surface area contributed by atoms with Crippen molar-refractivity contribution in [1.82, 2.24) is 9.13 Å². The molecule has 2 aliphatic heterocycles. The van der Waals surface area contributed by atoms with Crippen molar-refractivity contribution < 1.29 is 4.42 Å². The molecule has 2 aliphatic rings. The highest BCUT2D eigenvalue weighted by molar-refractivity contribution is 7.00. The van der Waals surface area contributed by atoms with Crippen molar-refractivity contribution in [2.24, 2.45) is 0 Å². The zero-order valence-corrected chi connectivity index (χ0v) is 29.8. The first-order valence-electron chi connectivity index (χ1n) is 18.6. The molecular formula is C48H34BN3O. The fourth-order valence-electron chi connectivity index (χ4n) is 9.58. The Bertz CT molecular complexity index is 3160. The van der Waals surface area contributed by atoms with Crippen molar-refractivity contribution in [2.75, 3.05) is 4.90 Å². The predicted octanol–water partition coefficient (Wildman–Crippen LogP) is 10.5. The van der Waals surface area contributed by atoms with Crippen molar-refractivity contribution in [2.45, 2.75) is 26.2 Å². The largest absolute Gasteiger partial charge is 0.468 e. The number of anilines is 3. The van der Waals surface area contributed by atoms with Crippen LogP contribution in [0.1, 0.15) is 26.3 Å². The van der Waals surface area contributed by atoms with Gasteiger partial charge in [-0.05, 0) is 82.6 Å². The maximum atomic E-state index is 7.18. The lowest BCUT2D eigenvalue weighted by molar-refractivity contribution is 0.587. The molecule has 4 nitrogen and oxygen atoms in total. The summed E-state index contributed by atoms with van der Waals surface area (Å²) in [5, 5.41) is 6.20. The van der Waals surface area contributed by atoms with E-state index in [1.165, 1.54) is 71.5 Å². The molecule has 0 saturated carbocycles. The number of hydrogen-bond donors (Lipinski definition) is 0. The Kier molecular flexibility index (Phi) is 5.56. The van der Waals surface area contributed by atoms with Crippen molar-refractivity contribution >= 4 is 94.9 Å². The quantitative estimate of drug-likeness (QED) is 0.170. The van der Waals surface area contributed by atoms with Crippen molar-refractivity contribution in [3.63, 3.8) is 0 Å². The van der Waals surface area contributed by atoms with E-state index >= 15 is 0 Å². The standard InChI is InChI=1S/C48H34BN3O/c1-48(2,3)29-24-25-34-41(28-29)53-47-46(34)51(31-16-8-5-9-17-31)39-22-13-23-40-43(39)49(47)36-20-12-19-35-42-38(52(40)44(35)36)27-26-33-32-18-10-11-21-37(32)50(45(33)42)30-14-6-4-7-15-30/h4-28H,1-3H3. The summed E-state index contributed by atoms with van der Waals surface area (Å²) in [7, 11) is 0. The van der Waals surface area contributed by atoms with Crippen LogP contribution < -0.4 is 21.5 Å². The summed E-state index contributed by atoms with van der Waals surface area (Å²) in [6, 6.07) is 55.7. The molecule has 7 aromatic carbocycles. The lowest BCUT2D eigenvalue weighted by atomic mass is 9.36. The molecule has 5 heteroatoms. The Balaban J connectivity index is 1.25. The summed E-state index contributed by atoms with van der Waals surface area (Å²) in [5.41, 5.74) is 16.5. The minimum atomic E-state index is -0.0716. The molecule has 0 atom stereocenters. The lowest BCUT2D eigenvalue weighted by Crippen LogP contribution is -2.59. The van der Waals surface area contributed by atoms with Gasteiger partial charge in [0.2, 0.25) is 0 Å². The number of aromatic nitrogens is 2. The van der Waals surface area contributed by atoms with Crippen LogP contribution in [0.2, 0.25) is 0 Å². The maximum Gasteiger partial charge on any atom is 0.297 e. The second kappa shape index (κ2) is 10.1. The van der Waals surface area contributed by atoms with Crippen molar-refractivity contribution in [3.05, 3.63) is 157 Å². The van der Waals surface area contributed by atoms with E-state index in [1.54, 1.807) is 0 Å². The first-order valence-corrected chi connectivity index (χ1v) is 18.6. The molecular weight excluding hydrogens is 645 g/mol. The van der Waals surface area contributed by atoms with Gasteiger partial charge >= 0.3 is 0 Å². The molecule has 0 unspecified atom stereocenters. The summed E-state index contributed by atoms with van der Waals surface area (Å²) < 4.78 is 12.2. The van der Waals surface area contributed by atoms with Gasteiger partial charge in [-0.1, -0.05) is 112 Å². The Morgan fingerprint density at radius 2 is 1.23 bits per heavy atom. The van der Waals surface area contributed by atoms with Crippen LogP contribution in [0.25, 0.3) is 66.0 Å². The third-order valence-corrected chi connectivity index (χ3v) is 11.8. The molecule has 3 aromatic heterocycles. The van der Waals surface area contributed by atoms with Crippen LogP contribution in [-0.4, -0.2) is 15.8 Å². The Labute approximate surface area is 307 Å². The number of nitrogens with zero attached hydrogens (tertiary/aromatic N) is 3. The monoisotopic (exact) mass is 679 g/mol. The second-order valence-corrected chi connectivity index (χ2v) is 15.7. The van der Waals surface area contributed by atoms with E-state index < -0.39 is 0 Å². The molecule has 0 radical (unpaired) electrons. The van der Waals surface area contributed by atoms with Crippen LogP contribution >= 0.6 is 0 Å². The molecule has 0 fully saturated rings.